The topological polar surface area (TPSA) is 92.6 Å². The molecule has 7 heteroatoms. The Morgan fingerprint density at radius 1 is 1.19 bits per heavy atom. The lowest BCUT2D eigenvalue weighted by Gasteiger charge is -2.17. The molecular formula is C19H19N3O4. The van der Waals surface area contributed by atoms with Crippen molar-refractivity contribution < 1.29 is 14.5 Å². The van der Waals surface area contributed by atoms with Gasteiger partial charge in [-0.3, -0.25) is 19.7 Å². The summed E-state index contributed by atoms with van der Waals surface area (Å²) in [6.45, 7) is 2.42. The SMILES string of the molecule is Cc1ccc(N2C[C@H](NC(=O)Cc3ccc([N+](=O)[O-])cc3)CC2=O)cc1. The lowest BCUT2D eigenvalue weighted by Crippen LogP contribution is -2.38. The minimum Gasteiger partial charge on any atom is -0.351 e. The summed E-state index contributed by atoms with van der Waals surface area (Å²) in [7, 11) is 0. The van der Waals surface area contributed by atoms with Crippen molar-refractivity contribution in [1.82, 2.24) is 5.32 Å². The van der Waals surface area contributed by atoms with Crippen LogP contribution in [-0.2, 0) is 16.0 Å². The Morgan fingerprint density at radius 3 is 2.46 bits per heavy atom. The molecule has 1 fully saturated rings. The zero-order chi connectivity index (χ0) is 18.7. The Kier molecular flexibility index (Phi) is 4.97. The van der Waals surface area contributed by atoms with Gasteiger partial charge in [-0.05, 0) is 24.6 Å². The van der Waals surface area contributed by atoms with E-state index in [1.165, 1.54) is 12.1 Å². The lowest BCUT2D eigenvalue weighted by atomic mass is 10.1. The maximum atomic E-state index is 12.2. The van der Waals surface area contributed by atoms with E-state index in [4.69, 9.17) is 0 Å². The van der Waals surface area contributed by atoms with Crippen molar-refractivity contribution in [1.29, 1.82) is 0 Å². The van der Waals surface area contributed by atoms with E-state index in [0.717, 1.165) is 11.3 Å². The van der Waals surface area contributed by atoms with E-state index in [1.807, 2.05) is 31.2 Å². The van der Waals surface area contributed by atoms with Crippen molar-refractivity contribution in [3.63, 3.8) is 0 Å². The molecule has 0 spiro atoms. The Labute approximate surface area is 150 Å². The van der Waals surface area contributed by atoms with Gasteiger partial charge in [-0.2, -0.15) is 0 Å². The molecule has 2 aromatic carbocycles. The maximum Gasteiger partial charge on any atom is 0.269 e. The number of non-ortho nitro benzene ring substituents is 1. The first-order valence-corrected chi connectivity index (χ1v) is 8.32. The Bertz CT molecular complexity index is 831. The predicted molar refractivity (Wildman–Crippen MR) is 96.9 cm³/mol. The van der Waals surface area contributed by atoms with Gasteiger partial charge >= 0.3 is 0 Å². The monoisotopic (exact) mass is 353 g/mol. The van der Waals surface area contributed by atoms with E-state index >= 15 is 0 Å². The van der Waals surface area contributed by atoms with Crippen molar-refractivity contribution >= 4 is 23.2 Å². The number of carbonyl (C=O) groups is 2. The van der Waals surface area contributed by atoms with Crippen LogP contribution in [0, 0.1) is 17.0 Å². The van der Waals surface area contributed by atoms with Gasteiger partial charge in [-0.1, -0.05) is 29.8 Å². The summed E-state index contributed by atoms with van der Waals surface area (Å²) in [6.07, 6.45) is 0.382. The summed E-state index contributed by atoms with van der Waals surface area (Å²) in [5.41, 5.74) is 2.62. The number of nitrogens with zero attached hydrogens (tertiary/aromatic N) is 2. The van der Waals surface area contributed by atoms with Crippen molar-refractivity contribution in [3.8, 4) is 0 Å². The zero-order valence-electron chi connectivity index (χ0n) is 14.3. The van der Waals surface area contributed by atoms with Crippen LogP contribution in [-0.4, -0.2) is 29.3 Å². The normalized spacial score (nSPS) is 16.6. The highest BCUT2D eigenvalue weighted by Gasteiger charge is 2.31. The molecule has 3 rings (SSSR count). The van der Waals surface area contributed by atoms with Crippen LogP contribution < -0.4 is 10.2 Å². The molecule has 1 N–H and O–H groups in total. The van der Waals surface area contributed by atoms with Gasteiger partial charge < -0.3 is 10.2 Å². The van der Waals surface area contributed by atoms with Crippen LogP contribution in [0.25, 0.3) is 0 Å². The van der Waals surface area contributed by atoms with Gasteiger partial charge in [0, 0.05) is 30.8 Å². The van der Waals surface area contributed by atoms with Crippen LogP contribution >= 0.6 is 0 Å². The number of amides is 2. The summed E-state index contributed by atoms with van der Waals surface area (Å²) in [5.74, 6) is -0.225. The average molecular weight is 353 g/mol. The number of benzene rings is 2. The number of hydrogen-bond donors (Lipinski definition) is 1. The van der Waals surface area contributed by atoms with Crippen LogP contribution in [0.3, 0.4) is 0 Å². The van der Waals surface area contributed by atoms with Gasteiger partial charge in [0.25, 0.3) is 5.69 Å². The van der Waals surface area contributed by atoms with Crippen LogP contribution in [0.2, 0.25) is 0 Å². The molecule has 1 aliphatic heterocycles. The molecule has 0 aliphatic carbocycles. The second-order valence-corrected chi connectivity index (χ2v) is 6.41. The Hall–Kier alpha value is -3.22. The quantitative estimate of drug-likeness (QED) is 0.660. The summed E-state index contributed by atoms with van der Waals surface area (Å²) in [5, 5.41) is 13.5. The van der Waals surface area contributed by atoms with Crippen molar-refractivity contribution in [3.05, 3.63) is 69.8 Å². The van der Waals surface area contributed by atoms with E-state index < -0.39 is 4.92 Å². The minimum absolute atomic E-state index is 0.00992. The average Bonchev–Trinajstić information content (AvgIpc) is 2.96. The summed E-state index contributed by atoms with van der Waals surface area (Å²) in [6, 6.07) is 13.3. The van der Waals surface area contributed by atoms with Crippen molar-refractivity contribution in [2.45, 2.75) is 25.8 Å². The van der Waals surface area contributed by atoms with Crippen LogP contribution in [0.5, 0.6) is 0 Å². The minimum atomic E-state index is -0.479. The molecule has 26 heavy (non-hydrogen) atoms. The number of aryl methyl sites for hydroxylation is 1. The molecule has 7 nitrogen and oxygen atoms in total. The van der Waals surface area contributed by atoms with E-state index in [1.54, 1.807) is 17.0 Å². The van der Waals surface area contributed by atoms with E-state index in [9.17, 15) is 19.7 Å². The molecule has 1 heterocycles. The molecule has 0 bridgehead atoms. The second kappa shape index (κ2) is 7.35. The van der Waals surface area contributed by atoms with Crippen molar-refractivity contribution in [2.75, 3.05) is 11.4 Å². The highest BCUT2D eigenvalue weighted by molar-refractivity contribution is 5.96. The summed E-state index contributed by atoms with van der Waals surface area (Å²) < 4.78 is 0. The number of rotatable bonds is 5. The maximum absolute atomic E-state index is 12.2. The van der Waals surface area contributed by atoms with Gasteiger partial charge in [0.15, 0.2) is 0 Å². The third-order valence-corrected chi connectivity index (χ3v) is 4.35. The van der Waals surface area contributed by atoms with Gasteiger partial charge in [-0.25, -0.2) is 0 Å². The molecule has 0 saturated carbocycles. The summed E-state index contributed by atoms with van der Waals surface area (Å²) in [4.78, 5) is 36.3. The fourth-order valence-electron chi connectivity index (χ4n) is 2.98. The van der Waals surface area contributed by atoms with Crippen molar-refractivity contribution in [2.24, 2.45) is 0 Å². The molecule has 0 aromatic heterocycles. The molecule has 1 saturated heterocycles. The van der Waals surface area contributed by atoms with Gasteiger partial charge in [-0.15, -0.1) is 0 Å². The van der Waals surface area contributed by atoms with Crippen LogP contribution in [0.1, 0.15) is 17.5 Å². The zero-order valence-corrected chi connectivity index (χ0v) is 14.3. The number of carbonyl (C=O) groups excluding carboxylic acids is 2. The standard InChI is InChI=1S/C19H19N3O4/c1-13-2-6-16(7-3-13)21-12-15(11-19(21)24)20-18(23)10-14-4-8-17(9-5-14)22(25)26/h2-9,15H,10-12H2,1H3,(H,20,23)/t15-/m1/s1. The summed E-state index contributed by atoms with van der Waals surface area (Å²) >= 11 is 0. The lowest BCUT2D eigenvalue weighted by molar-refractivity contribution is -0.384. The van der Waals surface area contributed by atoms with Crippen LogP contribution in [0.4, 0.5) is 11.4 Å². The molecule has 134 valence electrons. The van der Waals surface area contributed by atoms with Gasteiger partial charge in [0.05, 0.1) is 17.4 Å². The molecule has 0 radical (unpaired) electrons. The number of hydrogen-bond acceptors (Lipinski definition) is 4. The fourth-order valence-corrected chi connectivity index (χ4v) is 2.98. The highest BCUT2D eigenvalue weighted by Crippen LogP contribution is 2.22. The number of nitrogens with one attached hydrogen (secondary N) is 1. The molecular weight excluding hydrogens is 334 g/mol. The molecule has 2 aromatic rings. The second-order valence-electron chi connectivity index (χ2n) is 6.41. The van der Waals surface area contributed by atoms with E-state index in [-0.39, 0.29) is 36.4 Å². The first-order chi connectivity index (χ1) is 12.4. The molecule has 1 atom stereocenters. The Balaban J connectivity index is 1.57. The largest absolute Gasteiger partial charge is 0.351 e. The van der Waals surface area contributed by atoms with Gasteiger partial charge in [0.2, 0.25) is 11.8 Å². The Morgan fingerprint density at radius 2 is 1.85 bits per heavy atom. The smallest absolute Gasteiger partial charge is 0.269 e. The highest BCUT2D eigenvalue weighted by atomic mass is 16.6. The first kappa shape index (κ1) is 17.6. The number of anilines is 1. The van der Waals surface area contributed by atoms with Crippen LogP contribution in [0.15, 0.2) is 48.5 Å². The molecule has 0 unspecified atom stereocenters. The van der Waals surface area contributed by atoms with Gasteiger partial charge in [0.1, 0.15) is 0 Å². The third kappa shape index (κ3) is 4.05. The fraction of sp³-hybridized carbons (Fsp3) is 0.263. The molecule has 1 aliphatic rings. The van der Waals surface area contributed by atoms with E-state index in [2.05, 4.69) is 5.32 Å². The number of nitro groups is 1. The molecule has 2 amide bonds. The van der Waals surface area contributed by atoms with E-state index in [0.29, 0.717) is 12.1 Å². The predicted octanol–water partition coefficient (Wildman–Crippen LogP) is 2.37. The first-order valence-electron chi connectivity index (χ1n) is 8.32. The number of nitro benzene ring substituents is 1. The third-order valence-electron chi connectivity index (χ3n) is 4.35.